The molecule has 0 saturated carbocycles. The predicted molar refractivity (Wildman–Crippen MR) is 52.7 cm³/mol. The molecule has 0 unspecified atom stereocenters. The molecule has 1 N–H and O–H groups in total. The van der Waals surface area contributed by atoms with Gasteiger partial charge in [-0.2, -0.15) is 15.4 Å². The third-order valence-electron chi connectivity index (χ3n) is 1.98. The molecule has 3 aromatic rings. The topological polar surface area (TPSA) is 67.3 Å². The maximum absolute atomic E-state index is 4.14. The Kier molecular flexibility index (Phi) is 2.32. The third-order valence-corrected chi connectivity index (χ3v) is 1.98. The van der Waals surface area contributed by atoms with E-state index in [1.165, 1.54) is 0 Å². The third kappa shape index (κ3) is 1.24. The molecular weight excluding hydrogens is 285 g/mol. The van der Waals surface area contributed by atoms with Crippen LogP contribution < -0.4 is 0 Å². The minimum Gasteiger partial charge on any atom is -0.235 e. The van der Waals surface area contributed by atoms with Crippen molar-refractivity contribution in [2.24, 2.45) is 0 Å². The number of hydrogen-bond donors (Lipinski definition) is 1. The molecule has 0 atom stereocenters. The van der Waals surface area contributed by atoms with Crippen molar-refractivity contribution < 1.29 is 0 Å². The molecule has 5 nitrogen and oxygen atoms in total. The first-order valence-electron chi connectivity index (χ1n) is 3.84. The van der Waals surface area contributed by atoms with Crippen molar-refractivity contribution in [2.45, 2.75) is 0 Å². The van der Waals surface area contributed by atoms with E-state index in [4.69, 9.17) is 0 Å². The van der Waals surface area contributed by atoms with Gasteiger partial charge in [0.05, 0.1) is 22.6 Å². The van der Waals surface area contributed by atoms with Gasteiger partial charge < -0.3 is 0 Å². The fourth-order valence-electron chi connectivity index (χ4n) is 1.38. The van der Waals surface area contributed by atoms with Gasteiger partial charge in [-0.25, -0.2) is 9.97 Å². The number of nitrogens with one attached hydrogen (secondary N) is 1. The largest absolute Gasteiger partial charge is 0.235 e. The molecule has 14 heavy (non-hydrogen) atoms. The fraction of sp³-hybridized carbons (Fsp3) is 0. The van der Waals surface area contributed by atoms with E-state index in [0.29, 0.717) is 0 Å². The van der Waals surface area contributed by atoms with Crippen molar-refractivity contribution in [1.29, 1.82) is 0 Å². The molecule has 2 heterocycles. The molecule has 66 valence electrons. The molecule has 0 aliphatic carbocycles. The minimum atomic E-state index is 0. The molecule has 6 heteroatoms. The standard InChI is InChI=1S/C8H5N5.Sn/c1-2-7-8(10-4-9-7)5-3-11-13-12-6(1)5;/h1-4,13H;. The maximum atomic E-state index is 4.14. The van der Waals surface area contributed by atoms with Crippen LogP contribution in [0.4, 0.5) is 0 Å². The summed E-state index contributed by atoms with van der Waals surface area (Å²) in [6, 6.07) is 3.79. The number of aromatic nitrogens is 5. The summed E-state index contributed by atoms with van der Waals surface area (Å²) >= 11 is 0. The van der Waals surface area contributed by atoms with E-state index >= 15 is 0 Å². The van der Waals surface area contributed by atoms with Gasteiger partial charge >= 0.3 is 0 Å². The van der Waals surface area contributed by atoms with Crippen LogP contribution in [-0.4, -0.2) is 49.3 Å². The number of imidazole rings is 1. The first-order chi connectivity index (χ1) is 6.45. The van der Waals surface area contributed by atoms with E-state index in [1.807, 2.05) is 12.1 Å². The van der Waals surface area contributed by atoms with E-state index in [-0.39, 0.29) is 23.9 Å². The second-order valence-corrected chi connectivity index (χ2v) is 2.71. The summed E-state index contributed by atoms with van der Waals surface area (Å²) in [5.41, 5.74) is 2.58. The van der Waals surface area contributed by atoms with E-state index in [1.54, 1.807) is 12.5 Å². The Morgan fingerprint density at radius 3 is 2.86 bits per heavy atom. The van der Waals surface area contributed by atoms with E-state index in [2.05, 4.69) is 25.4 Å². The summed E-state index contributed by atoms with van der Waals surface area (Å²) in [4.78, 5) is 8.23. The molecule has 0 amide bonds. The van der Waals surface area contributed by atoms with Crippen LogP contribution in [-0.2, 0) is 0 Å². The second-order valence-electron chi connectivity index (χ2n) is 2.71. The Labute approximate surface area is 95.9 Å². The molecule has 3 rings (SSSR count). The quantitative estimate of drug-likeness (QED) is 0.613. The normalized spacial score (nSPS) is 10.3. The summed E-state index contributed by atoms with van der Waals surface area (Å²) in [6.45, 7) is 0. The van der Waals surface area contributed by atoms with Gasteiger partial charge in [-0.1, -0.05) is 0 Å². The molecule has 1 aromatic carbocycles. The summed E-state index contributed by atoms with van der Waals surface area (Å²) in [5.74, 6) is 0. The van der Waals surface area contributed by atoms with Gasteiger partial charge in [0.15, 0.2) is 0 Å². The van der Waals surface area contributed by atoms with Gasteiger partial charge in [-0.3, -0.25) is 0 Å². The molecule has 0 aliphatic rings. The van der Waals surface area contributed by atoms with Crippen molar-refractivity contribution in [2.75, 3.05) is 0 Å². The molecule has 2 aromatic heterocycles. The van der Waals surface area contributed by atoms with Gasteiger partial charge in [0.1, 0.15) is 11.8 Å². The van der Waals surface area contributed by atoms with Gasteiger partial charge in [0, 0.05) is 23.9 Å². The molecular formula is C8H5N5Sn. The molecule has 0 spiro atoms. The van der Waals surface area contributed by atoms with Crippen LogP contribution in [0, 0.1) is 0 Å². The van der Waals surface area contributed by atoms with Gasteiger partial charge in [0.25, 0.3) is 0 Å². The average molecular weight is 290 g/mol. The second kappa shape index (κ2) is 3.49. The van der Waals surface area contributed by atoms with Crippen molar-refractivity contribution >= 4 is 45.8 Å². The number of rotatable bonds is 0. The van der Waals surface area contributed by atoms with Crippen LogP contribution >= 0.6 is 0 Å². The van der Waals surface area contributed by atoms with Crippen LogP contribution in [0.2, 0.25) is 0 Å². The van der Waals surface area contributed by atoms with Crippen LogP contribution in [0.3, 0.4) is 0 Å². The molecule has 0 aliphatic heterocycles. The number of benzene rings is 1. The fourth-order valence-corrected chi connectivity index (χ4v) is 1.38. The molecule has 0 bridgehead atoms. The van der Waals surface area contributed by atoms with Gasteiger partial charge in [-0.05, 0) is 12.1 Å². The zero-order valence-electron chi connectivity index (χ0n) is 7.10. The minimum absolute atomic E-state index is 0. The van der Waals surface area contributed by atoms with E-state index < -0.39 is 0 Å². The zero-order valence-corrected chi connectivity index (χ0v) is 9.95. The van der Waals surface area contributed by atoms with Crippen LogP contribution in [0.5, 0.6) is 0 Å². The summed E-state index contributed by atoms with van der Waals surface area (Å²) < 4.78 is 0. The van der Waals surface area contributed by atoms with Crippen molar-refractivity contribution in [3.63, 3.8) is 0 Å². The Morgan fingerprint density at radius 2 is 1.93 bits per heavy atom. The predicted octanol–water partition coefficient (Wildman–Crippen LogP) is 0.520. The van der Waals surface area contributed by atoms with Crippen molar-refractivity contribution in [1.82, 2.24) is 25.4 Å². The molecule has 0 saturated heterocycles. The number of aromatic amines is 1. The molecule has 0 fully saturated rings. The zero-order chi connectivity index (χ0) is 8.67. The summed E-state index contributed by atoms with van der Waals surface area (Å²) in [7, 11) is 0. The Bertz CT molecular complexity index is 576. The Hall–Kier alpha value is -1.24. The first kappa shape index (κ1) is 9.32. The Morgan fingerprint density at radius 1 is 1.07 bits per heavy atom. The van der Waals surface area contributed by atoms with E-state index in [9.17, 15) is 0 Å². The van der Waals surface area contributed by atoms with Crippen LogP contribution in [0.15, 0.2) is 24.7 Å². The van der Waals surface area contributed by atoms with E-state index in [0.717, 1.165) is 21.9 Å². The number of fused-ring (bicyclic) bond motifs is 3. The summed E-state index contributed by atoms with van der Waals surface area (Å²) in [5, 5.41) is 11.3. The Balaban J connectivity index is 0.000000750. The van der Waals surface area contributed by atoms with Crippen molar-refractivity contribution in [3.05, 3.63) is 24.7 Å². The van der Waals surface area contributed by atoms with Crippen molar-refractivity contribution in [3.8, 4) is 0 Å². The summed E-state index contributed by atoms with van der Waals surface area (Å²) in [6.07, 6.45) is 3.25. The molecule has 4 radical (unpaired) electrons. The maximum Gasteiger partial charge on any atom is 0.116 e. The monoisotopic (exact) mass is 291 g/mol. The van der Waals surface area contributed by atoms with Gasteiger partial charge in [0.2, 0.25) is 0 Å². The first-order valence-corrected chi connectivity index (χ1v) is 3.84. The average Bonchev–Trinajstić information content (AvgIpc) is 2.65. The van der Waals surface area contributed by atoms with Crippen LogP contribution in [0.25, 0.3) is 21.9 Å². The smallest absolute Gasteiger partial charge is 0.116 e. The van der Waals surface area contributed by atoms with Gasteiger partial charge in [-0.15, -0.1) is 0 Å². The van der Waals surface area contributed by atoms with Crippen LogP contribution in [0.1, 0.15) is 0 Å². The number of H-pyrrole nitrogens is 1. The SMILES string of the molecule is [Sn].c1nc2ccc3n[nH]ncc3c2n1. The number of nitrogens with zero attached hydrogens (tertiary/aromatic N) is 4. The number of hydrogen-bond acceptors (Lipinski definition) is 4.